The second-order valence-electron chi connectivity index (χ2n) is 7.36. The van der Waals surface area contributed by atoms with Crippen LogP contribution < -0.4 is 11.1 Å². The van der Waals surface area contributed by atoms with Gasteiger partial charge in [-0.2, -0.15) is 4.31 Å². The highest BCUT2D eigenvalue weighted by Gasteiger charge is 2.27. The van der Waals surface area contributed by atoms with Gasteiger partial charge in [0, 0.05) is 17.3 Å². The van der Waals surface area contributed by atoms with Gasteiger partial charge in [-0.3, -0.25) is 9.59 Å². The van der Waals surface area contributed by atoms with Gasteiger partial charge in [-0.25, -0.2) is 8.42 Å². The van der Waals surface area contributed by atoms with Crippen LogP contribution >= 0.6 is 34.8 Å². The molecule has 7 nitrogen and oxygen atoms in total. The van der Waals surface area contributed by atoms with Crippen LogP contribution in [0.25, 0.3) is 0 Å². The maximum Gasteiger partial charge on any atom is 0.243 e. The van der Waals surface area contributed by atoms with Crippen molar-refractivity contribution in [1.29, 1.82) is 0 Å². The number of hydrogen-bond acceptors (Lipinski definition) is 4. The maximum atomic E-state index is 13.3. The first-order valence-corrected chi connectivity index (χ1v) is 12.5. The zero-order valence-electron chi connectivity index (χ0n) is 17.7. The summed E-state index contributed by atoms with van der Waals surface area (Å²) in [4.78, 5) is 23.8. The van der Waals surface area contributed by atoms with Crippen molar-refractivity contribution in [2.24, 2.45) is 5.73 Å². The van der Waals surface area contributed by atoms with E-state index in [1.807, 2.05) is 0 Å². The Morgan fingerprint density at radius 1 is 0.853 bits per heavy atom. The van der Waals surface area contributed by atoms with E-state index in [9.17, 15) is 18.0 Å². The molecule has 0 bridgehead atoms. The molecule has 0 heterocycles. The maximum absolute atomic E-state index is 13.3. The summed E-state index contributed by atoms with van der Waals surface area (Å²) < 4.78 is 27.7. The fourth-order valence-corrected chi connectivity index (χ4v) is 4.92. The van der Waals surface area contributed by atoms with Crippen LogP contribution in [0, 0.1) is 0 Å². The normalized spacial score (nSPS) is 11.4. The van der Waals surface area contributed by atoms with Gasteiger partial charge in [0.15, 0.2) is 0 Å². The van der Waals surface area contributed by atoms with Crippen LogP contribution in [-0.4, -0.2) is 31.1 Å². The Kier molecular flexibility index (Phi) is 8.57. The van der Waals surface area contributed by atoms with Crippen molar-refractivity contribution < 1.29 is 18.0 Å². The second-order valence-corrected chi connectivity index (χ2v) is 10.6. The molecular weight excluding hydrogens is 521 g/mol. The molecule has 0 spiro atoms. The van der Waals surface area contributed by atoms with Crippen molar-refractivity contribution in [2.45, 2.75) is 17.9 Å². The van der Waals surface area contributed by atoms with Crippen LogP contribution in [0.3, 0.4) is 0 Å². The Balaban J connectivity index is 1.83. The second kappa shape index (κ2) is 11.2. The van der Waals surface area contributed by atoms with Gasteiger partial charge < -0.3 is 11.1 Å². The number of rotatable bonds is 9. The zero-order chi connectivity index (χ0) is 24.9. The summed E-state index contributed by atoms with van der Waals surface area (Å²) in [6, 6.07) is 16.9. The van der Waals surface area contributed by atoms with Gasteiger partial charge in [0.05, 0.1) is 27.9 Å². The Labute approximate surface area is 212 Å². The summed E-state index contributed by atoms with van der Waals surface area (Å²) in [5, 5.41) is 3.64. The van der Waals surface area contributed by atoms with Gasteiger partial charge in [-0.05, 0) is 59.7 Å². The molecular formula is C23H20Cl3N3O4S. The first-order valence-electron chi connectivity index (χ1n) is 9.91. The molecule has 0 unspecified atom stereocenters. The number of nitrogens with zero attached hydrogens (tertiary/aromatic N) is 1. The van der Waals surface area contributed by atoms with Gasteiger partial charge >= 0.3 is 0 Å². The quantitative estimate of drug-likeness (QED) is 0.416. The number of primary amides is 1. The predicted molar refractivity (Wildman–Crippen MR) is 133 cm³/mol. The Morgan fingerprint density at radius 3 is 2.06 bits per heavy atom. The number of halogens is 3. The molecule has 0 aromatic heterocycles. The lowest BCUT2D eigenvalue weighted by atomic mass is 10.1. The van der Waals surface area contributed by atoms with Crippen molar-refractivity contribution in [2.75, 3.05) is 11.9 Å². The third-order valence-electron chi connectivity index (χ3n) is 4.73. The topological polar surface area (TPSA) is 110 Å². The first kappa shape index (κ1) is 26.0. The van der Waals surface area contributed by atoms with E-state index >= 15 is 0 Å². The van der Waals surface area contributed by atoms with Crippen molar-refractivity contribution in [1.82, 2.24) is 4.31 Å². The molecule has 3 rings (SSSR count). The number of hydrogen-bond donors (Lipinski definition) is 2. The summed E-state index contributed by atoms with van der Waals surface area (Å²) in [5.74, 6) is -1.03. The zero-order valence-corrected chi connectivity index (χ0v) is 20.8. The Bertz CT molecular complexity index is 1300. The van der Waals surface area contributed by atoms with Crippen LogP contribution in [0.4, 0.5) is 5.69 Å². The molecule has 34 heavy (non-hydrogen) atoms. The summed E-state index contributed by atoms with van der Waals surface area (Å²) in [5.41, 5.74) is 6.87. The molecule has 0 aliphatic heterocycles. The van der Waals surface area contributed by atoms with Crippen LogP contribution in [-0.2, 0) is 32.6 Å². The molecule has 11 heteroatoms. The third kappa shape index (κ3) is 6.94. The lowest BCUT2D eigenvalue weighted by Gasteiger charge is -2.22. The Hall–Kier alpha value is -2.62. The van der Waals surface area contributed by atoms with Gasteiger partial charge in [0.1, 0.15) is 0 Å². The largest absolute Gasteiger partial charge is 0.369 e. The molecule has 3 N–H and O–H groups in total. The molecule has 0 aliphatic rings. The van der Waals surface area contributed by atoms with E-state index in [2.05, 4.69) is 5.32 Å². The number of anilines is 1. The predicted octanol–water partition coefficient (Wildman–Crippen LogP) is 4.50. The molecule has 0 aliphatic carbocycles. The van der Waals surface area contributed by atoms with Gasteiger partial charge in [-0.1, -0.05) is 53.0 Å². The third-order valence-corrected chi connectivity index (χ3v) is 7.53. The highest BCUT2D eigenvalue weighted by atomic mass is 35.5. The molecule has 2 amide bonds. The molecule has 0 saturated carbocycles. The minimum Gasteiger partial charge on any atom is -0.369 e. The average Bonchev–Trinajstić information content (AvgIpc) is 2.77. The number of carbonyl (C=O) groups is 2. The fraction of sp³-hybridized carbons (Fsp3) is 0.130. The summed E-state index contributed by atoms with van der Waals surface area (Å²) in [7, 11) is -4.06. The lowest BCUT2D eigenvalue weighted by Crippen LogP contribution is -2.37. The molecule has 0 saturated heterocycles. The highest BCUT2D eigenvalue weighted by Crippen LogP contribution is 2.25. The smallest absolute Gasteiger partial charge is 0.243 e. The average molecular weight is 541 g/mol. The van der Waals surface area contributed by atoms with Crippen molar-refractivity contribution >= 4 is 62.3 Å². The van der Waals surface area contributed by atoms with Gasteiger partial charge in [0.25, 0.3) is 0 Å². The summed E-state index contributed by atoms with van der Waals surface area (Å²) in [6.45, 7) is -0.582. The van der Waals surface area contributed by atoms with Gasteiger partial charge in [0.2, 0.25) is 21.8 Å². The number of carbonyl (C=O) groups excluding carboxylic acids is 2. The molecule has 0 fully saturated rings. The minimum atomic E-state index is -4.06. The van der Waals surface area contributed by atoms with E-state index in [1.165, 1.54) is 24.3 Å². The van der Waals surface area contributed by atoms with Gasteiger partial charge in [-0.15, -0.1) is 0 Å². The van der Waals surface area contributed by atoms with E-state index in [-0.39, 0.29) is 22.9 Å². The van der Waals surface area contributed by atoms with Crippen molar-refractivity contribution in [3.8, 4) is 0 Å². The van der Waals surface area contributed by atoms with Crippen LogP contribution in [0.2, 0.25) is 15.1 Å². The standard InChI is InChI=1S/C23H20Cl3N3O4S/c24-17-4-8-19(9-5-17)34(32,33)29(13-16-3-10-20(25)21(26)11-16)14-23(31)28-18-6-1-15(2-7-18)12-22(27)30/h1-11H,12-14H2,(H2,27,30)(H,28,31). The lowest BCUT2D eigenvalue weighted by molar-refractivity contribution is -0.117. The molecule has 178 valence electrons. The molecule has 0 radical (unpaired) electrons. The number of amides is 2. The number of nitrogens with two attached hydrogens (primary N) is 1. The van der Waals surface area contributed by atoms with Crippen LogP contribution in [0.15, 0.2) is 71.6 Å². The highest BCUT2D eigenvalue weighted by molar-refractivity contribution is 7.89. The number of nitrogens with one attached hydrogen (secondary N) is 1. The monoisotopic (exact) mass is 539 g/mol. The van der Waals surface area contributed by atoms with Crippen LogP contribution in [0.1, 0.15) is 11.1 Å². The number of benzene rings is 3. The molecule has 3 aromatic carbocycles. The minimum absolute atomic E-state index is 0.0134. The van der Waals surface area contributed by atoms with Crippen molar-refractivity contribution in [3.05, 3.63) is 92.9 Å². The first-order chi connectivity index (χ1) is 16.0. The summed E-state index contributed by atoms with van der Waals surface area (Å²) >= 11 is 17.9. The fourth-order valence-electron chi connectivity index (χ4n) is 3.09. The Morgan fingerprint density at radius 2 is 1.47 bits per heavy atom. The summed E-state index contributed by atoms with van der Waals surface area (Å²) in [6.07, 6.45) is 0.0744. The molecule has 3 aromatic rings. The van der Waals surface area contributed by atoms with Crippen LogP contribution in [0.5, 0.6) is 0 Å². The van der Waals surface area contributed by atoms with Crippen molar-refractivity contribution in [3.63, 3.8) is 0 Å². The SMILES string of the molecule is NC(=O)Cc1ccc(NC(=O)CN(Cc2ccc(Cl)c(Cl)c2)S(=O)(=O)c2ccc(Cl)cc2)cc1. The van der Waals surface area contributed by atoms with E-state index < -0.39 is 28.4 Å². The van der Waals surface area contributed by atoms with E-state index in [4.69, 9.17) is 40.5 Å². The van der Waals surface area contributed by atoms with E-state index in [1.54, 1.807) is 42.5 Å². The number of sulfonamides is 1. The van der Waals surface area contributed by atoms with E-state index in [0.29, 0.717) is 26.9 Å². The molecule has 0 atom stereocenters. The van der Waals surface area contributed by atoms with E-state index in [0.717, 1.165) is 4.31 Å².